The minimum absolute atomic E-state index is 0.102. The first-order chi connectivity index (χ1) is 8.50. The van der Waals surface area contributed by atoms with Crippen molar-refractivity contribution >= 4 is 5.82 Å². The summed E-state index contributed by atoms with van der Waals surface area (Å²) >= 11 is 0. The summed E-state index contributed by atoms with van der Waals surface area (Å²) in [6, 6.07) is 5.25. The molecule has 1 fully saturated rings. The van der Waals surface area contributed by atoms with Crippen molar-refractivity contribution in [1.29, 1.82) is 5.26 Å². The number of aromatic nitrogens is 1. The third-order valence-corrected chi connectivity index (χ3v) is 3.16. The Labute approximate surface area is 103 Å². The second-order valence-electron chi connectivity index (χ2n) is 4.32. The molecule has 0 atom stereocenters. The van der Waals surface area contributed by atoms with E-state index in [1.54, 1.807) is 12.1 Å². The second kappa shape index (κ2) is 4.84. The van der Waals surface area contributed by atoms with Crippen LogP contribution in [-0.2, 0) is 0 Å². The smallest absolute Gasteiger partial charge is 0.357 e. The van der Waals surface area contributed by atoms with Crippen LogP contribution in [0.5, 0.6) is 0 Å². The van der Waals surface area contributed by atoms with Gasteiger partial charge in [0.2, 0.25) is 0 Å². The van der Waals surface area contributed by atoms with Gasteiger partial charge in [0.25, 0.3) is 0 Å². The van der Waals surface area contributed by atoms with Crippen molar-refractivity contribution in [2.75, 3.05) is 18.0 Å². The van der Waals surface area contributed by atoms with Gasteiger partial charge in [0, 0.05) is 19.3 Å². The predicted molar refractivity (Wildman–Crippen MR) is 59.9 cm³/mol. The molecule has 1 aromatic heterocycles. The van der Waals surface area contributed by atoms with Gasteiger partial charge < -0.3 is 4.90 Å². The lowest BCUT2D eigenvalue weighted by Gasteiger charge is -2.33. The van der Waals surface area contributed by atoms with Gasteiger partial charge in [-0.25, -0.2) is 4.98 Å². The van der Waals surface area contributed by atoms with Crippen molar-refractivity contribution in [3.05, 3.63) is 23.9 Å². The molecule has 1 aromatic rings. The molecule has 96 valence electrons. The maximum atomic E-state index is 12.5. The highest BCUT2D eigenvalue weighted by atomic mass is 19.4. The van der Waals surface area contributed by atoms with E-state index < -0.39 is 12.1 Å². The molecule has 2 rings (SSSR count). The highest BCUT2D eigenvalue weighted by molar-refractivity contribution is 5.42. The minimum atomic E-state index is -4.09. The summed E-state index contributed by atoms with van der Waals surface area (Å²) in [6.45, 7) is 0.701. The number of nitrogens with zero attached hydrogens (tertiary/aromatic N) is 3. The lowest BCUT2D eigenvalue weighted by atomic mass is 9.96. The fourth-order valence-corrected chi connectivity index (χ4v) is 2.08. The number of anilines is 1. The molecule has 0 unspecified atom stereocenters. The van der Waals surface area contributed by atoms with Gasteiger partial charge >= 0.3 is 6.18 Å². The van der Waals surface area contributed by atoms with Gasteiger partial charge in [0.15, 0.2) is 0 Å². The maximum absolute atomic E-state index is 12.5. The molecule has 2 heterocycles. The quantitative estimate of drug-likeness (QED) is 0.774. The number of hydrogen-bond donors (Lipinski definition) is 0. The monoisotopic (exact) mass is 255 g/mol. The summed E-state index contributed by atoms with van der Waals surface area (Å²) in [7, 11) is 0. The van der Waals surface area contributed by atoms with Crippen molar-refractivity contribution in [2.45, 2.75) is 19.0 Å². The van der Waals surface area contributed by atoms with Crippen molar-refractivity contribution in [3.8, 4) is 6.07 Å². The minimum Gasteiger partial charge on any atom is -0.357 e. The van der Waals surface area contributed by atoms with E-state index in [2.05, 4.69) is 4.98 Å². The lowest BCUT2D eigenvalue weighted by molar-refractivity contribution is -0.179. The molecular weight excluding hydrogens is 243 g/mol. The van der Waals surface area contributed by atoms with Crippen LogP contribution in [0, 0.1) is 17.2 Å². The highest BCUT2D eigenvalue weighted by Gasteiger charge is 2.41. The fourth-order valence-electron chi connectivity index (χ4n) is 2.08. The number of alkyl halides is 3. The normalized spacial score (nSPS) is 17.6. The second-order valence-corrected chi connectivity index (χ2v) is 4.32. The summed E-state index contributed by atoms with van der Waals surface area (Å²) in [5, 5.41) is 8.63. The molecule has 3 nitrogen and oxygen atoms in total. The van der Waals surface area contributed by atoms with Crippen LogP contribution in [0.25, 0.3) is 0 Å². The molecule has 1 aliphatic rings. The number of halogens is 3. The number of hydrogen-bond acceptors (Lipinski definition) is 3. The lowest BCUT2D eigenvalue weighted by Crippen LogP contribution is -2.39. The molecule has 0 aromatic carbocycles. The topological polar surface area (TPSA) is 39.9 Å². The Balaban J connectivity index is 1.99. The van der Waals surface area contributed by atoms with E-state index >= 15 is 0 Å². The first-order valence-corrected chi connectivity index (χ1v) is 5.68. The molecular formula is C12H12F3N3. The van der Waals surface area contributed by atoms with E-state index in [1.165, 1.54) is 6.20 Å². The summed E-state index contributed by atoms with van der Waals surface area (Å²) in [6.07, 6.45) is -2.45. The van der Waals surface area contributed by atoms with Gasteiger partial charge in [-0.1, -0.05) is 0 Å². The van der Waals surface area contributed by atoms with Crippen LogP contribution >= 0.6 is 0 Å². The standard InChI is InChI=1S/C12H12F3N3/c13-12(14,15)10-3-5-18(6-4-10)11-2-1-9(7-16)8-17-11/h1-2,8,10H,3-6H2. The molecule has 0 radical (unpaired) electrons. The van der Waals surface area contributed by atoms with Crippen molar-refractivity contribution in [2.24, 2.45) is 5.92 Å². The molecule has 1 aliphatic heterocycles. The van der Waals surface area contributed by atoms with E-state index in [0.29, 0.717) is 24.5 Å². The highest BCUT2D eigenvalue weighted by Crippen LogP contribution is 2.34. The van der Waals surface area contributed by atoms with Crippen molar-refractivity contribution in [3.63, 3.8) is 0 Å². The van der Waals surface area contributed by atoms with Gasteiger partial charge in [-0.05, 0) is 25.0 Å². The van der Waals surface area contributed by atoms with E-state index in [-0.39, 0.29) is 12.8 Å². The van der Waals surface area contributed by atoms with E-state index in [1.807, 2.05) is 11.0 Å². The van der Waals surface area contributed by atoms with Gasteiger partial charge in [-0.3, -0.25) is 0 Å². The molecule has 1 saturated heterocycles. The first-order valence-electron chi connectivity index (χ1n) is 5.68. The molecule has 0 N–H and O–H groups in total. The molecule has 0 amide bonds. The third kappa shape index (κ3) is 2.73. The largest absolute Gasteiger partial charge is 0.391 e. The number of nitriles is 1. The number of rotatable bonds is 1. The van der Waals surface area contributed by atoms with Crippen LogP contribution in [-0.4, -0.2) is 24.2 Å². The van der Waals surface area contributed by atoms with Crippen LogP contribution in [0.2, 0.25) is 0 Å². The summed E-state index contributed by atoms with van der Waals surface area (Å²) in [5.41, 5.74) is 0.448. The Morgan fingerprint density at radius 1 is 1.28 bits per heavy atom. The van der Waals surface area contributed by atoms with Gasteiger partial charge in [0.05, 0.1) is 11.5 Å². The summed E-state index contributed by atoms with van der Waals surface area (Å²) in [4.78, 5) is 5.91. The van der Waals surface area contributed by atoms with E-state index in [9.17, 15) is 13.2 Å². The summed E-state index contributed by atoms with van der Waals surface area (Å²) < 4.78 is 37.5. The number of piperidine rings is 1. The Kier molecular flexibility index (Phi) is 3.41. The zero-order chi connectivity index (χ0) is 13.2. The Hall–Kier alpha value is -1.77. The van der Waals surface area contributed by atoms with Crippen LogP contribution in [0.15, 0.2) is 18.3 Å². The van der Waals surface area contributed by atoms with Crippen LogP contribution in [0.4, 0.5) is 19.0 Å². The molecule has 18 heavy (non-hydrogen) atoms. The maximum Gasteiger partial charge on any atom is 0.391 e. The zero-order valence-corrected chi connectivity index (χ0v) is 9.61. The SMILES string of the molecule is N#Cc1ccc(N2CCC(C(F)(F)F)CC2)nc1. The first kappa shape index (κ1) is 12.7. The third-order valence-electron chi connectivity index (χ3n) is 3.16. The van der Waals surface area contributed by atoms with Gasteiger partial charge in [-0.15, -0.1) is 0 Å². The summed E-state index contributed by atoms with van der Waals surface area (Å²) in [5.74, 6) is -0.568. The van der Waals surface area contributed by atoms with Gasteiger partial charge in [-0.2, -0.15) is 18.4 Å². The van der Waals surface area contributed by atoms with Crippen molar-refractivity contribution in [1.82, 2.24) is 4.98 Å². The molecule has 0 saturated carbocycles. The predicted octanol–water partition coefficient (Wildman–Crippen LogP) is 2.73. The average molecular weight is 255 g/mol. The van der Waals surface area contributed by atoms with Crippen LogP contribution in [0.3, 0.4) is 0 Å². The zero-order valence-electron chi connectivity index (χ0n) is 9.61. The molecule has 0 aliphatic carbocycles. The Bertz CT molecular complexity index is 439. The molecule has 0 spiro atoms. The average Bonchev–Trinajstić information content (AvgIpc) is 2.38. The molecule has 6 heteroatoms. The van der Waals surface area contributed by atoms with Crippen LogP contribution in [0.1, 0.15) is 18.4 Å². The molecule has 0 bridgehead atoms. The van der Waals surface area contributed by atoms with Crippen molar-refractivity contribution < 1.29 is 13.2 Å². The van der Waals surface area contributed by atoms with Crippen LogP contribution < -0.4 is 4.90 Å². The van der Waals surface area contributed by atoms with E-state index in [4.69, 9.17) is 5.26 Å². The van der Waals surface area contributed by atoms with E-state index in [0.717, 1.165) is 0 Å². The Morgan fingerprint density at radius 2 is 1.94 bits per heavy atom. The number of pyridine rings is 1. The Morgan fingerprint density at radius 3 is 2.39 bits per heavy atom. The van der Waals surface area contributed by atoms with Gasteiger partial charge in [0.1, 0.15) is 11.9 Å². The fraction of sp³-hybridized carbons (Fsp3) is 0.500.